The second-order valence-electron chi connectivity index (χ2n) is 3.41. The highest BCUT2D eigenvalue weighted by atomic mass is 32.1. The predicted octanol–water partition coefficient (Wildman–Crippen LogP) is 1.80. The van der Waals surface area contributed by atoms with Crippen molar-refractivity contribution in [3.05, 3.63) is 42.0 Å². The highest BCUT2D eigenvalue weighted by molar-refractivity contribution is 7.80. The van der Waals surface area contributed by atoms with Gasteiger partial charge in [0.15, 0.2) is 5.11 Å². The van der Waals surface area contributed by atoms with Crippen molar-refractivity contribution >= 4 is 29.6 Å². The highest BCUT2D eigenvalue weighted by Gasteiger charge is 1.89. The van der Waals surface area contributed by atoms with E-state index in [1.807, 2.05) is 42.5 Å². The molecule has 0 radical (unpaired) electrons. The number of thiocarbonyl (C=S) groups is 1. The number of hydrazone groups is 1. The summed E-state index contributed by atoms with van der Waals surface area (Å²) in [5.74, 6) is 0. The molecule has 5 heteroatoms. The summed E-state index contributed by atoms with van der Waals surface area (Å²) in [6.45, 7) is 1.27. The van der Waals surface area contributed by atoms with Crippen molar-refractivity contribution in [1.29, 1.82) is 0 Å². The Morgan fingerprint density at radius 3 is 2.89 bits per heavy atom. The van der Waals surface area contributed by atoms with Gasteiger partial charge in [-0.15, -0.1) is 0 Å². The van der Waals surface area contributed by atoms with Crippen LogP contribution in [0.2, 0.25) is 0 Å². The number of hydrogen-bond acceptors (Lipinski definition) is 3. The van der Waals surface area contributed by atoms with Crippen LogP contribution in [0.25, 0.3) is 6.08 Å². The Balaban J connectivity index is 2.21. The van der Waals surface area contributed by atoms with E-state index in [4.69, 9.17) is 17.0 Å². The summed E-state index contributed by atoms with van der Waals surface area (Å²) >= 11 is 4.99. The van der Waals surface area contributed by atoms with Crippen LogP contribution in [0.4, 0.5) is 0 Å². The Kier molecular flexibility index (Phi) is 7.43. The number of ether oxygens (including phenoxy) is 1. The first kappa shape index (κ1) is 14.3. The summed E-state index contributed by atoms with van der Waals surface area (Å²) in [7, 11) is 1.64. The van der Waals surface area contributed by atoms with Crippen molar-refractivity contribution in [2.75, 3.05) is 20.3 Å². The van der Waals surface area contributed by atoms with Gasteiger partial charge in [-0.3, -0.25) is 5.43 Å². The van der Waals surface area contributed by atoms with Crippen LogP contribution in [-0.2, 0) is 4.74 Å². The van der Waals surface area contributed by atoms with Crippen LogP contribution >= 0.6 is 12.2 Å². The molecule has 96 valence electrons. The zero-order valence-electron chi connectivity index (χ0n) is 10.3. The predicted molar refractivity (Wildman–Crippen MR) is 79.6 cm³/mol. The fourth-order valence-electron chi connectivity index (χ4n) is 1.16. The van der Waals surface area contributed by atoms with Crippen molar-refractivity contribution in [1.82, 2.24) is 10.7 Å². The van der Waals surface area contributed by atoms with E-state index < -0.39 is 0 Å². The maximum atomic E-state index is 4.99. The van der Waals surface area contributed by atoms with E-state index in [9.17, 15) is 0 Å². The van der Waals surface area contributed by atoms with Crippen molar-refractivity contribution < 1.29 is 4.74 Å². The monoisotopic (exact) mass is 263 g/mol. The molecule has 0 saturated heterocycles. The molecule has 0 aliphatic heterocycles. The normalized spacial score (nSPS) is 10.9. The van der Waals surface area contributed by atoms with Gasteiger partial charge in [0.1, 0.15) is 0 Å². The lowest BCUT2D eigenvalue weighted by atomic mass is 10.2. The lowest BCUT2D eigenvalue weighted by Gasteiger charge is -2.04. The zero-order valence-corrected chi connectivity index (χ0v) is 11.1. The van der Waals surface area contributed by atoms with Gasteiger partial charge in [-0.25, -0.2) is 0 Å². The van der Waals surface area contributed by atoms with Gasteiger partial charge in [0.2, 0.25) is 0 Å². The maximum Gasteiger partial charge on any atom is 0.187 e. The SMILES string of the molecule is COCCNC(=S)N/N=C\C=C\c1ccccc1. The molecule has 2 N–H and O–H groups in total. The van der Waals surface area contributed by atoms with Crippen molar-refractivity contribution in [2.24, 2.45) is 5.10 Å². The van der Waals surface area contributed by atoms with Crippen LogP contribution in [0.5, 0.6) is 0 Å². The fourth-order valence-corrected chi connectivity index (χ4v) is 1.32. The molecule has 0 saturated carbocycles. The van der Waals surface area contributed by atoms with Gasteiger partial charge in [0.25, 0.3) is 0 Å². The molecule has 1 aromatic carbocycles. The van der Waals surface area contributed by atoms with Gasteiger partial charge in [0.05, 0.1) is 6.61 Å². The van der Waals surface area contributed by atoms with E-state index in [0.29, 0.717) is 18.3 Å². The minimum atomic E-state index is 0.483. The first-order chi connectivity index (χ1) is 8.83. The highest BCUT2D eigenvalue weighted by Crippen LogP contribution is 1.99. The minimum Gasteiger partial charge on any atom is -0.383 e. The Labute approximate surface area is 113 Å². The molecule has 0 spiro atoms. The molecule has 0 aromatic heterocycles. The summed E-state index contributed by atoms with van der Waals surface area (Å²) < 4.78 is 4.88. The van der Waals surface area contributed by atoms with E-state index in [1.165, 1.54) is 0 Å². The Bertz CT molecular complexity index is 404. The summed E-state index contributed by atoms with van der Waals surface area (Å²) in [6.07, 6.45) is 5.46. The summed E-state index contributed by atoms with van der Waals surface area (Å²) in [6, 6.07) is 10.0. The molecule has 0 fully saturated rings. The quantitative estimate of drug-likeness (QED) is 0.355. The molecular formula is C13H17N3OS. The summed E-state index contributed by atoms with van der Waals surface area (Å²) in [4.78, 5) is 0. The Morgan fingerprint density at radius 1 is 1.39 bits per heavy atom. The number of methoxy groups -OCH3 is 1. The van der Waals surface area contributed by atoms with Gasteiger partial charge in [0, 0.05) is 19.9 Å². The van der Waals surface area contributed by atoms with Gasteiger partial charge < -0.3 is 10.1 Å². The number of rotatable bonds is 6. The van der Waals surface area contributed by atoms with Gasteiger partial charge >= 0.3 is 0 Å². The van der Waals surface area contributed by atoms with E-state index in [-0.39, 0.29) is 0 Å². The van der Waals surface area contributed by atoms with Gasteiger partial charge in [-0.05, 0) is 23.9 Å². The third-order valence-corrected chi connectivity index (χ3v) is 2.24. The van der Waals surface area contributed by atoms with E-state index in [0.717, 1.165) is 5.56 Å². The van der Waals surface area contributed by atoms with Gasteiger partial charge in [-0.2, -0.15) is 5.10 Å². The smallest absolute Gasteiger partial charge is 0.187 e. The topological polar surface area (TPSA) is 45.6 Å². The minimum absolute atomic E-state index is 0.483. The lowest BCUT2D eigenvalue weighted by Crippen LogP contribution is -2.34. The lowest BCUT2D eigenvalue weighted by molar-refractivity contribution is 0.204. The van der Waals surface area contributed by atoms with Crippen molar-refractivity contribution in [3.63, 3.8) is 0 Å². The number of hydrogen-bond donors (Lipinski definition) is 2. The molecule has 0 aliphatic rings. The van der Waals surface area contributed by atoms with Crippen LogP contribution in [0.15, 0.2) is 41.5 Å². The molecule has 0 heterocycles. The van der Waals surface area contributed by atoms with Crippen LogP contribution in [0.1, 0.15) is 5.56 Å². The van der Waals surface area contributed by atoms with E-state index in [1.54, 1.807) is 13.3 Å². The molecule has 0 unspecified atom stereocenters. The average molecular weight is 263 g/mol. The molecule has 1 rings (SSSR count). The molecular weight excluding hydrogens is 246 g/mol. The standard InChI is InChI=1S/C13H17N3OS/c1-17-11-10-14-13(18)16-15-9-5-8-12-6-3-2-4-7-12/h2-9H,10-11H2,1H3,(H2,14,16,18)/b8-5+,15-9-. The molecule has 0 atom stereocenters. The Hall–Kier alpha value is -1.72. The van der Waals surface area contributed by atoms with E-state index >= 15 is 0 Å². The summed E-state index contributed by atoms with van der Waals surface area (Å²) in [5.41, 5.74) is 3.84. The van der Waals surface area contributed by atoms with Crippen LogP contribution in [-0.4, -0.2) is 31.6 Å². The molecule has 18 heavy (non-hydrogen) atoms. The molecule has 0 bridgehead atoms. The first-order valence-electron chi connectivity index (χ1n) is 5.60. The van der Waals surface area contributed by atoms with Crippen LogP contribution < -0.4 is 10.7 Å². The fraction of sp³-hybridized carbons (Fsp3) is 0.231. The van der Waals surface area contributed by atoms with Crippen LogP contribution in [0.3, 0.4) is 0 Å². The van der Waals surface area contributed by atoms with Crippen molar-refractivity contribution in [3.8, 4) is 0 Å². The first-order valence-corrected chi connectivity index (χ1v) is 6.01. The summed E-state index contributed by atoms with van der Waals surface area (Å²) in [5, 5.41) is 7.39. The number of benzene rings is 1. The second kappa shape index (κ2) is 9.32. The maximum absolute atomic E-state index is 4.99. The molecule has 0 aliphatic carbocycles. The molecule has 1 aromatic rings. The molecule has 4 nitrogen and oxygen atoms in total. The van der Waals surface area contributed by atoms with Gasteiger partial charge in [-0.1, -0.05) is 36.4 Å². The Morgan fingerprint density at radius 2 is 2.17 bits per heavy atom. The third kappa shape index (κ3) is 6.78. The second-order valence-corrected chi connectivity index (χ2v) is 3.82. The number of allylic oxidation sites excluding steroid dienone is 1. The average Bonchev–Trinajstić information content (AvgIpc) is 2.40. The molecule has 0 amide bonds. The third-order valence-electron chi connectivity index (χ3n) is 2.01. The van der Waals surface area contributed by atoms with Crippen molar-refractivity contribution in [2.45, 2.75) is 0 Å². The number of nitrogens with zero attached hydrogens (tertiary/aromatic N) is 1. The van der Waals surface area contributed by atoms with Crippen LogP contribution in [0, 0.1) is 0 Å². The van der Waals surface area contributed by atoms with E-state index in [2.05, 4.69) is 15.8 Å². The number of nitrogens with one attached hydrogen (secondary N) is 2. The largest absolute Gasteiger partial charge is 0.383 e. The zero-order chi connectivity index (χ0) is 13.1.